The Labute approximate surface area is 189 Å². The van der Waals surface area contributed by atoms with Crippen LogP contribution >= 0.6 is 0 Å². The largest absolute Gasteiger partial charge is 3.00 e. The number of rotatable bonds is 0. The van der Waals surface area contributed by atoms with E-state index in [4.69, 9.17) is 39.5 Å². The zero-order valence-electron chi connectivity index (χ0n) is 6.88. The van der Waals surface area contributed by atoms with Crippen LogP contribution in [0.4, 0.5) is 0 Å². The zero-order valence-corrected chi connectivity index (χ0v) is 18.7. The third-order valence-electron chi connectivity index (χ3n) is 0. The summed E-state index contributed by atoms with van der Waals surface area (Å²) in [7, 11) is 0. The van der Waals surface area contributed by atoms with Crippen LogP contribution in [-0.4, -0.2) is 56.9 Å². The van der Waals surface area contributed by atoms with E-state index in [1.165, 1.54) is 0 Å². The van der Waals surface area contributed by atoms with E-state index in [2.05, 4.69) is 0 Å². The second kappa shape index (κ2) is 15.0. The Bertz CT molecular complexity index is 341. The topological polar surface area (TPSA) is 241 Å². The molecule has 0 unspecified atom stereocenters. The van der Waals surface area contributed by atoms with Gasteiger partial charge in [0.15, 0.2) is 0 Å². The maximum absolute atomic E-state index is 8.63. The van der Waals surface area contributed by atoms with Gasteiger partial charge in [0.05, 0.1) is 0 Å². The molecule has 0 bridgehead atoms. The van der Waals surface area contributed by atoms with Crippen molar-refractivity contribution >= 4 is 56.9 Å². The number of hydrogen-bond donors (Lipinski definition) is 0. The third kappa shape index (κ3) is 392. The van der Waals surface area contributed by atoms with Crippen LogP contribution in [0.5, 0.6) is 0 Å². The van der Waals surface area contributed by atoms with Crippen molar-refractivity contribution in [3.63, 3.8) is 0 Å². The molecule has 0 aliphatic rings. The molecule has 12 nitrogen and oxygen atoms in total. The Morgan fingerprint density at radius 2 is 0.412 bits per heavy atom. The van der Waals surface area contributed by atoms with Gasteiger partial charge in [0.25, 0.3) is 0 Å². The van der Waals surface area contributed by atoms with E-state index < -0.39 is 56.9 Å². The molecule has 0 amide bonds. The second-order valence-corrected chi connectivity index (χ2v) is 8.22. The fourth-order valence-corrected chi connectivity index (χ4v) is 0. The van der Waals surface area contributed by atoms with E-state index >= 15 is 0 Å². The van der Waals surface area contributed by atoms with Gasteiger partial charge in [0.1, 0.15) is 0 Å². The third-order valence-corrected chi connectivity index (χ3v) is 0. The summed E-state index contributed by atoms with van der Waals surface area (Å²) in [5.74, 6) is 0. The van der Waals surface area contributed by atoms with Crippen LogP contribution in [0.2, 0.25) is 0 Å². The van der Waals surface area contributed by atoms with E-state index in [9.17, 15) is 0 Å². The molecule has 0 rings (SSSR count). The molecule has 0 aliphatic heterocycles. The summed E-state index contributed by atoms with van der Waals surface area (Å²) in [6, 6.07) is 0. The van der Waals surface area contributed by atoms with Gasteiger partial charge >= 0.3 is 195 Å². The molecule has 0 atom stereocenters. The fraction of sp³-hybridized carbons (Fsp3) is 0. The minimum absolute atomic E-state index is 0. The summed E-state index contributed by atoms with van der Waals surface area (Å²) in [4.78, 5) is 0. The summed E-state index contributed by atoms with van der Waals surface area (Å²) in [5, 5.41) is 0. The molecule has 0 saturated heterocycles. The second-order valence-electron chi connectivity index (χ2n) is 1.22. The van der Waals surface area contributed by atoms with Gasteiger partial charge in [-0.1, -0.05) is 0 Å². The van der Waals surface area contributed by atoms with Crippen molar-refractivity contribution in [2.24, 2.45) is 0 Å². The molecule has 0 aliphatic carbocycles. The molecule has 17 heavy (non-hydrogen) atoms. The van der Waals surface area contributed by atoms with E-state index in [-0.39, 0.29) is 98.8 Å². The van der Waals surface area contributed by atoms with Crippen LogP contribution < -0.4 is 20.8 Å². The predicted octanol–water partition coefficient (Wildman–Crippen LogP) is -8.99. The van der Waals surface area contributed by atoms with E-state index in [0.717, 1.165) is 0 Å². The molecule has 17 heteroatoms. The van der Waals surface area contributed by atoms with Crippen molar-refractivity contribution in [1.29, 1.82) is 0 Å². The van der Waals surface area contributed by atoms with Crippen molar-refractivity contribution < 1.29 is 138 Å². The molecule has 0 fully saturated rings. The van der Waals surface area contributed by atoms with Crippen LogP contribution in [-0.2, 0) is 18.6 Å². The van der Waals surface area contributed by atoms with Gasteiger partial charge in [0.2, 0.25) is 0 Å². The van der Waals surface area contributed by atoms with Gasteiger partial charge in [-0.3, -0.25) is 0 Å². The normalized spacial score (nSPS) is 10.2. The molecular formula is Eu2O12Te3. The van der Waals surface area contributed by atoms with Crippen LogP contribution in [0.15, 0.2) is 0 Å². The Morgan fingerprint density at radius 1 is 0.412 bits per heavy atom. The average molecular weight is 879 g/mol. The minimum atomic E-state index is -6.02. The Balaban J connectivity index is -0.0000000400. The fourth-order valence-electron chi connectivity index (χ4n) is 0. The summed E-state index contributed by atoms with van der Waals surface area (Å²) >= 11 is -18.1. The summed E-state index contributed by atoms with van der Waals surface area (Å²) < 4.78 is 104. The van der Waals surface area contributed by atoms with Gasteiger partial charge in [-0.15, -0.1) is 0 Å². The maximum Gasteiger partial charge on any atom is 3.00 e. The predicted molar refractivity (Wildman–Crippen MR) is 21.4 cm³/mol. The first-order valence-corrected chi connectivity index (χ1v) is 13.4. The molecule has 0 N–H and O–H groups in total. The van der Waals surface area contributed by atoms with Gasteiger partial charge in [-0.25, -0.2) is 0 Å². The molecular weight excluding hydrogens is 879 g/mol. The first kappa shape index (κ1) is 32.9. The monoisotopic (exact) mass is 888 g/mol. The maximum atomic E-state index is 8.63. The standard InChI is InChI=1S/2Eu.3H2O4Te/c;;3*1-5(2,3)4/h;;3*(H2,1,2,3,4)/q2*+3;;;/p-6. The van der Waals surface area contributed by atoms with Crippen LogP contribution in [0, 0.1) is 98.8 Å². The first-order chi connectivity index (χ1) is 6.00. The SMILES string of the molecule is O=[Te](=O)([O-])[O-].O=[Te](=O)([O-])[O-].O=[Te](=O)([O-])[O-].[Eu+3].[Eu+3]. The minimum Gasteiger partial charge on any atom is 3.00 e. The smallest absolute Gasteiger partial charge is 3.00 e. The molecule has 104 valence electrons. The van der Waals surface area contributed by atoms with Crippen LogP contribution in [0.1, 0.15) is 0 Å². The Hall–Kier alpha value is 4.10. The molecule has 0 heterocycles. The summed E-state index contributed by atoms with van der Waals surface area (Å²) in [5.41, 5.74) is 0. The molecule has 0 aromatic heterocycles. The molecule has 0 aromatic rings. The Morgan fingerprint density at radius 3 is 0.412 bits per heavy atom. The van der Waals surface area contributed by atoms with E-state index in [1.807, 2.05) is 0 Å². The molecule has 0 radical (unpaired) electrons. The van der Waals surface area contributed by atoms with Gasteiger partial charge in [0, 0.05) is 0 Å². The van der Waals surface area contributed by atoms with E-state index in [0.29, 0.717) is 0 Å². The first-order valence-electron chi connectivity index (χ1n) is 2.00. The van der Waals surface area contributed by atoms with Crippen molar-refractivity contribution in [3.05, 3.63) is 0 Å². The van der Waals surface area contributed by atoms with Crippen molar-refractivity contribution in [3.8, 4) is 0 Å². The van der Waals surface area contributed by atoms with Crippen LogP contribution in [0.25, 0.3) is 0 Å². The van der Waals surface area contributed by atoms with Crippen molar-refractivity contribution in [2.45, 2.75) is 0 Å². The summed E-state index contributed by atoms with van der Waals surface area (Å²) in [6.45, 7) is 0. The van der Waals surface area contributed by atoms with Gasteiger partial charge < -0.3 is 0 Å². The van der Waals surface area contributed by atoms with Crippen molar-refractivity contribution in [2.75, 3.05) is 0 Å². The number of hydrogen-bond acceptors (Lipinski definition) is 12. The zero-order chi connectivity index (χ0) is 13.5. The van der Waals surface area contributed by atoms with Gasteiger partial charge in [-0.05, 0) is 0 Å². The molecule has 0 spiro atoms. The molecule has 0 aromatic carbocycles. The van der Waals surface area contributed by atoms with E-state index in [1.54, 1.807) is 0 Å². The van der Waals surface area contributed by atoms with Crippen molar-refractivity contribution in [1.82, 2.24) is 0 Å². The molecule has 0 saturated carbocycles. The Kier molecular flexibility index (Phi) is 29.0. The van der Waals surface area contributed by atoms with Crippen LogP contribution in [0.3, 0.4) is 0 Å². The average Bonchev–Trinajstić information content (AvgIpc) is 1.41. The summed E-state index contributed by atoms with van der Waals surface area (Å²) in [6.07, 6.45) is 0. The van der Waals surface area contributed by atoms with Gasteiger partial charge in [-0.2, -0.15) is 0 Å². The quantitative estimate of drug-likeness (QED) is 0.206.